The number of hydrogen-bond acceptors (Lipinski definition) is 3. The Bertz CT molecular complexity index is 530. The minimum Gasteiger partial charge on any atom is -0.493 e. The second-order valence-corrected chi connectivity index (χ2v) is 5.21. The summed E-state index contributed by atoms with van der Waals surface area (Å²) >= 11 is 0. The Morgan fingerprint density at radius 3 is 3.05 bits per heavy atom. The van der Waals surface area contributed by atoms with Crippen LogP contribution in [-0.2, 0) is 9.59 Å². The number of carbonyl (C=O) groups is 2. The van der Waals surface area contributed by atoms with Crippen molar-refractivity contribution in [2.24, 2.45) is 0 Å². The topological polar surface area (TPSA) is 58.6 Å². The normalized spacial score (nSPS) is 21.3. The van der Waals surface area contributed by atoms with E-state index in [1.807, 2.05) is 24.3 Å². The van der Waals surface area contributed by atoms with Crippen molar-refractivity contribution in [3.05, 3.63) is 29.8 Å². The van der Waals surface area contributed by atoms with Crippen LogP contribution in [-0.4, -0.2) is 36.4 Å². The third kappa shape index (κ3) is 2.61. The van der Waals surface area contributed by atoms with Crippen molar-refractivity contribution in [3.8, 4) is 5.75 Å². The van der Waals surface area contributed by atoms with Gasteiger partial charge in [-0.2, -0.15) is 0 Å². The van der Waals surface area contributed by atoms with E-state index >= 15 is 0 Å². The van der Waals surface area contributed by atoms with Gasteiger partial charge in [-0.25, -0.2) is 0 Å². The molecule has 5 heteroatoms. The number of nitrogens with one attached hydrogen (secondary N) is 1. The van der Waals surface area contributed by atoms with E-state index in [2.05, 4.69) is 5.32 Å². The lowest BCUT2D eigenvalue weighted by molar-refractivity contribution is -0.133. The highest BCUT2D eigenvalue weighted by Gasteiger charge is 2.26. The van der Waals surface area contributed by atoms with Gasteiger partial charge in [0.05, 0.1) is 19.2 Å². The Kier molecular flexibility index (Phi) is 3.58. The van der Waals surface area contributed by atoms with E-state index in [4.69, 9.17) is 4.74 Å². The maximum atomic E-state index is 12.1. The largest absolute Gasteiger partial charge is 0.493 e. The Morgan fingerprint density at radius 1 is 1.40 bits per heavy atom. The van der Waals surface area contributed by atoms with Gasteiger partial charge in [-0.15, -0.1) is 0 Å². The Labute approximate surface area is 117 Å². The Hall–Kier alpha value is -2.04. The molecule has 0 saturated carbocycles. The predicted molar refractivity (Wildman–Crippen MR) is 73.3 cm³/mol. The first kappa shape index (κ1) is 13.0. The van der Waals surface area contributed by atoms with Crippen LogP contribution in [0.25, 0.3) is 0 Å². The Balaban J connectivity index is 1.63. The molecule has 2 aliphatic heterocycles. The van der Waals surface area contributed by atoms with Gasteiger partial charge in [0.15, 0.2) is 0 Å². The van der Waals surface area contributed by atoms with Gasteiger partial charge in [0, 0.05) is 24.9 Å². The van der Waals surface area contributed by atoms with E-state index in [-0.39, 0.29) is 24.4 Å². The molecule has 1 N–H and O–H groups in total. The zero-order chi connectivity index (χ0) is 13.9. The molecule has 0 bridgehead atoms. The number of benzene rings is 1. The first-order valence-electron chi connectivity index (χ1n) is 7.03. The maximum Gasteiger partial charge on any atom is 0.240 e. The summed E-state index contributed by atoms with van der Waals surface area (Å²) in [4.78, 5) is 25.2. The molecule has 0 aliphatic carbocycles. The first-order valence-corrected chi connectivity index (χ1v) is 7.03. The monoisotopic (exact) mass is 274 g/mol. The molecule has 106 valence electrons. The number of rotatable bonds is 3. The fourth-order valence-corrected chi connectivity index (χ4v) is 2.78. The SMILES string of the molecule is O=C(CN1CCCC1=O)N[C@H]1CCOc2ccccc21. The third-order valence-corrected chi connectivity index (χ3v) is 3.80. The highest BCUT2D eigenvalue weighted by atomic mass is 16.5. The molecule has 1 atom stereocenters. The average molecular weight is 274 g/mol. The molecule has 1 aromatic rings. The molecule has 1 fully saturated rings. The van der Waals surface area contributed by atoms with Crippen LogP contribution in [0.15, 0.2) is 24.3 Å². The van der Waals surface area contributed by atoms with E-state index in [1.165, 1.54) is 0 Å². The molecule has 3 rings (SSSR count). The van der Waals surface area contributed by atoms with Crippen molar-refractivity contribution >= 4 is 11.8 Å². The van der Waals surface area contributed by atoms with Crippen LogP contribution in [0.4, 0.5) is 0 Å². The third-order valence-electron chi connectivity index (χ3n) is 3.80. The van der Waals surface area contributed by atoms with Crippen LogP contribution in [0.5, 0.6) is 5.75 Å². The lowest BCUT2D eigenvalue weighted by Gasteiger charge is -2.27. The zero-order valence-electron chi connectivity index (χ0n) is 11.3. The number of amides is 2. The average Bonchev–Trinajstić information content (AvgIpc) is 2.85. The summed E-state index contributed by atoms with van der Waals surface area (Å²) < 4.78 is 5.57. The number of carbonyl (C=O) groups excluding carboxylic acids is 2. The van der Waals surface area contributed by atoms with Crippen LogP contribution in [0, 0.1) is 0 Å². The standard InChI is InChI=1S/C15H18N2O3/c18-14(10-17-8-3-6-15(17)19)16-12-7-9-20-13-5-2-1-4-11(12)13/h1-2,4-5,12H,3,6-10H2,(H,16,18)/t12-/m0/s1. The Morgan fingerprint density at radius 2 is 2.25 bits per heavy atom. The minimum atomic E-state index is -0.0954. The zero-order valence-corrected chi connectivity index (χ0v) is 11.3. The van der Waals surface area contributed by atoms with Crippen LogP contribution in [0.2, 0.25) is 0 Å². The molecule has 0 unspecified atom stereocenters. The molecule has 0 radical (unpaired) electrons. The van der Waals surface area contributed by atoms with E-state index in [0.29, 0.717) is 19.6 Å². The lowest BCUT2D eigenvalue weighted by Crippen LogP contribution is -2.40. The van der Waals surface area contributed by atoms with E-state index in [1.54, 1.807) is 4.90 Å². The van der Waals surface area contributed by atoms with E-state index in [0.717, 1.165) is 24.2 Å². The summed E-state index contributed by atoms with van der Waals surface area (Å²) in [7, 11) is 0. The van der Waals surface area contributed by atoms with Gasteiger partial charge in [-0.05, 0) is 12.5 Å². The quantitative estimate of drug-likeness (QED) is 0.902. The summed E-state index contributed by atoms with van der Waals surface area (Å²) in [5, 5.41) is 3.01. The summed E-state index contributed by atoms with van der Waals surface area (Å²) in [6, 6.07) is 7.73. The van der Waals surface area contributed by atoms with Gasteiger partial charge in [0.1, 0.15) is 5.75 Å². The number of fused-ring (bicyclic) bond motifs is 1. The number of likely N-dealkylation sites (tertiary alicyclic amines) is 1. The van der Waals surface area contributed by atoms with Crippen LogP contribution < -0.4 is 10.1 Å². The summed E-state index contributed by atoms with van der Waals surface area (Å²) in [5.74, 6) is 0.816. The molecule has 0 spiro atoms. The van der Waals surface area contributed by atoms with E-state index < -0.39 is 0 Å². The molecule has 2 aliphatic rings. The highest BCUT2D eigenvalue weighted by Crippen LogP contribution is 2.31. The van der Waals surface area contributed by atoms with Crippen molar-refractivity contribution < 1.29 is 14.3 Å². The van der Waals surface area contributed by atoms with Crippen molar-refractivity contribution in [1.29, 1.82) is 0 Å². The van der Waals surface area contributed by atoms with Crippen molar-refractivity contribution in [2.75, 3.05) is 19.7 Å². The van der Waals surface area contributed by atoms with Crippen molar-refractivity contribution in [2.45, 2.75) is 25.3 Å². The molecule has 0 aromatic heterocycles. The molecule has 20 heavy (non-hydrogen) atoms. The number of para-hydroxylation sites is 1. The van der Waals surface area contributed by atoms with Crippen molar-refractivity contribution in [1.82, 2.24) is 10.2 Å². The molecule has 2 amide bonds. The van der Waals surface area contributed by atoms with Gasteiger partial charge < -0.3 is 15.0 Å². The second-order valence-electron chi connectivity index (χ2n) is 5.21. The number of hydrogen-bond donors (Lipinski definition) is 1. The van der Waals surface area contributed by atoms with Crippen LogP contribution in [0.1, 0.15) is 30.9 Å². The van der Waals surface area contributed by atoms with Gasteiger partial charge in [0.25, 0.3) is 0 Å². The molecular formula is C15H18N2O3. The number of ether oxygens (including phenoxy) is 1. The summed E-state index contributed by atoms with van der Waals surface area (Å²) in [6.45, 7) is 1.46. The van der Waals surface area contributed by atoms with Crippen LogP contribution >= 0.6 is 0 Å². The van der Waals surface area contributed by atoms with Gasteiger partial charge >= 0.3 is 0 Å². The molecule has 1 aromatic carbocycles. The molecule has 5 nitrogen and oxygen atoms in total. The number of nitrogens with zero attached hydrogens (tertiary/aromatic N) is 1. The first-order chi connectivity index (χ1) is 9.74. The second kappa shape index (κ2) is 5.53. The maximum absolute atomic E-state index is 12.1. The van der Waals surface area contributed by atoms with Gasteiger partial charge in [-0.1, -0.05) is 18.2 Å². The van der Waals surface area contributed by atoms with Gasteiger partial charge in [0.2, 0.25) is 11.8 Å². The van der Waals surface area contributed by atoms with E-state index in [9.17, 15) is 9.59 Å². The smallest absolute Gasteiger partial charge is 0.240 e. The van der Waals surface area contributed by atoms with Crippen LogP contribution in [0.3, 0.4) is 0 Å². The fourth-order valence-electron chi connectivity index (χ4n) is 2.78. The lowest BCUT2D eigenvalue weighted by atomic mass is 10.0. The summed E-state index contributed by atoms with van der Waals surface area (Å²) in [6.07, 6.45) is 2.18. The molecular weight excluding hydrogens is 256 g/mol. The predicted octanol–water partition coefficient (Wildman–Crippen LogP) is 1.25. The van der Waals surface area contributed by atoms with Gasteiger partial charge in [-0.3, -0.25) is 9.59 Å². The molecule has 1 saturated heterocycles. The fraction of sp³-hybridized carbons (Fsp3) is 0.467. The minimum absolute atomic E-state index is 0.0230. The van der Waals surface area contributed by atoms with Crippen molar-refractivity contribution in [3.63, 3.8) is 0 Å². The highest BCUT2D eigenvalue weighted by molar-refractivity contribution is 5.86. The summed E-state index contributed by atoms with van der Waals surface area (Å²) in [5.41, 5.74) is 1.01. The molecule has 2 heterocycles.